The summed E-state index contributed by atoms with van der Waals surface area (Å²) in [6, 6.07) is 12.5. The van der Waals surface area contributed by atoms with Crippen molar-refractivity contribution in [1.82, 2.24) is 0 Å². The summed E-state index contributed by atoms with van der Waals surface area (Å²) in [7, 11) is 0. The van der Waals surface area contributed by atoms with Crippen LogP contribution in [0.3, 0.4) is 0 Å². The van der Waals surface area contributed by atoms with E-state index in [0.29, 0.717) is 40.0 Å². The van der Waals surface area contributed by atoms with Crippen molar-refractivity contribution in [2.45, 2.75) is 6.42 Å². The normalized spacial score (nSPS) is 16.3. The molecule has 0 spiro atoms. The van der Waals surface area contributed by atoms with E-state index in [1.165, 1.54) is 0 Å². The van der Waals surface area contributed by atoms with Crippen LogP contribution in [-0.4, -0.2) is 12.4 Å². The van der Waals surface area contributed by atoms with Crippen LogP contribution in [-0.2, 0) is 0 Å². The fraction of sp³-hybridized carbons (Fsp3) is 0.118. The summed E-state index contributed by atoms with van der Waals surface area (Å²) in [5.41, 5.74) is 2.16. The van der Waals surface area contributed by atoms with Gasteiger partial charge in [0.1, 0.15) is 5.75 Å². The fourth-order valence-corrected chi connectivity index (χ4v) is 2.56. The summed E-state index contributed by atoms with van der Waals surface area (Å²) >= 11 is 11.8. The molecule has 0 aromatic heterocycles. The summed E-state index contributed by atoms with van der Waals surface area (Å²) in [6.45, 7) is 0.472. The zero-order valence-corrected chi connectivity index (χ0v) is 12.6. The van der Waals surface area contributed by atoms with E-state index in [1.807, 2.05) is 18.2 Å². The molecule has 0 fully saturated rings. The summed E-state index contributed by atoms with van der Waals surface area (Å²) in [4.78, 5) is 12.6. The zero-order chi connectivity index (χ0) is 14.8. The molecule has 0 atom stereocenters. The van der Waals surface area contributed by atoms with E-state index < -0.39 is 0 Å². The van der Waals surface area contributed by atoms with Crippen LogP contribution >= 0.6 is 23.2 Å². The van der Waals surface area contributed by atoms with Crippen molar-refractivity contribution in [3.63, 3.8) is 0 Å². The van der Waals surface area contributed by atoms with E-state index in [2.05, 4.69) is 0 Å². The first-order chi connectivity index (χ1) is 10.1. The Morgan fingerprint density at radius 3 is 2.48 bits per heavy atom. The van der Waals surface area contributed by atoms with E-state index >= 15 is 0 Å². The van der Waals surface area contributed by atoms with E-state index in [1.54, 1.807) is 30.3 Å². The second-order valence-electron chi connectivity index (χ2n) is 4.79. The van der Waals surface area contributed by atoms with E-state index in [-0.39, 0.29) is 5.78 Å². The summed E-state index contributed by atoms with van der Waals surface area (Å²) < 4.78 is 5.62. The number of hydrogen-bond donors (Lipinski definition) is 0. The van der Waals surface area contributed by atoms with Crippen LogP contribution in [0.25, 0.3) is 6.08 Å². The van der Waals surface area contributed by atoms with Crippen LogP contribution in [0.5, 0.6) is 5.75 Å². The van der Waals surface area contributed by atoms with Crippen molar-refractivity contribution in [1.29, 1.82) is 0 Å². The third kappa shape index (κ3) is 3.12. The van der Waals surface area contributed by atoms with Crippen molar-refractivity contribution in [3.05, 3.63) is 69.2 Å². The Labute approximate surface area is 132 Å². The highest BCUT2D eigenvalue weighted by atomic mass is 35.5. The second kappa shape index (κ2) is 5.92. The number of Topliss-reactive ketones (excluding diaryl/α,β-unsaturated/α-hetero) is 1. The monoisotopic (exact) mass is 318 g/mol. The predicted molar refractivity (Wildman–Crippen MR) is 85.3 cm³/mol. The topological polar surface area (TPSA) is 26.3 Å². The molecule has 0 radical (unpaired) electrons. The molecule has 1 aliphatic rings. The number of carbonyl (C=O) groups excluding carboxylic acids is 1. The molecule has 0 amide bonds. The van der Waals surface area contributed by atoms with Crippen molar-refractivity contribution >= 4 is 35.1 Å². The molecule has 2 nitrogen and oxygen atoms in total. The minimum Gasteiger partial charge on any atom is -0.492 e. The molecule has 0 aliphatic carbocycles. The molecule has 4 heteroatoms. The van der Waals surface area contributed by atoms with Gasteiger partial charge in [0, 0.05) is 22.0 Å². The molecule has 1 heterocycles. The largest absolute Gasteiger partial charge is 0.492 e. The van der Waals surface area contributed by atoms with Gasteiger partial charge in [0.05, 0.1) is 12.2 Å². The molecule has 106 valence electrons. The third-order valence-electron chi connectivity index (χ3n) is 3.32. The first-order valence-electron chi connectivity index (χ1n) is 6.57. The molecule has 0 bridgehead atoms. The van der Waals surface area contributed by atoms with Gasteiger partial charge in [-0.15, -0.1) is 0 Å². The molecule has 1 aliphatic heterocycles. The molecule has 21 heavy (non-hydrogen) atoms. The van der Waals surface area contributed by atoms with Crippen LogP contribution in [0.15, 0.2) is 48.0 Å². The highest BCUT2D eigenvalue weighted by Gasteiger charge is 2.21. The first-order valence-corrected chi connectivity index (χ1v) is 7.32. The summed E-state index contributed by atoms with van der Waals surface area (Å²) in [5.74, 6) is 0.545. The van der Waals surface area contributed by atoms with Crippen molar-refractivity contribution in [2.75, 3.05) is 6.61 Å². The molecular weight excluding hydrogens is 307 g/mol. The highest BCUT2D eigenvalue weighted by molar-refractivity contribution is 6.31. The molecule has 0 unspecified atom stereocenters. The van der Waals surface area contributed by atoms with Gasteiger partial charge in [-0.3, -0.25) is 4.79 Å². The first kappa shape index (κ1) is 14.2. The molecule has 0 saturated heterocycles. The number of ether oxygens (including phenoxy) is 1. The summed E-state index contributed by atoms with van der Waals surface area (Å²) in [5, 5.41) is 1.20. The Bertz CT molecular complexity index is 718. The van der Waals surface area contributed by atoms with E-state index in [4.69, 9.17) is 27.9 Å². The van der Waals surface area contributed by atoms with Crippen LogP contribution < -0.4 is 4.74 Å². The maximum absolute atomic E-state index is 12.6. The van der Waals surface area contributed by atoms with Crippen LogP contribution in [0.1, 0.15) is 22.3 Å². The van der Waals surface area contributed by atoms with Gasteiger partial charge in [-0.05, 0) is 42.0 Å². The number of rotatable bonds is 1. The number of halogens is 2. The molecule has 2 aromatic carbocycles. The number of hydrogen-bond acceptors (Lipinski definition) is 2. The third-order valence-corrected chi connectivity index (χ3v) is 3.80. The SMILES string of the molecule is O=C1/C(=C\c2ccc(Cl)cc2)CCOc2ccc(Cl)cc21. The maximum Gasteiger partial charge on any atom is 0.192 e. The Morgan fingerprint density at radius 2 is 1.71 bits per heavy atom. The Hall–Kier alpha value is -1.77. The van der Waals surface area contributed by atoms with Gasteiger partial charge < -0.3 is 4.74 Å². The Morgan fingerprint density at radius 1 is 1.00 bits per heavy atom. The fourth-order valence-electron chi connectivity index (χ4n) is 2.26. The molecule has 0 N–H and O–H groups in total. The van der Waals surface area contributed by atoms with Crippen LogP contribution in [0, 0.1) is 0 Å². The number of ketones is 1. The van der Waals surface area contributed by atoms with Gasteiger partial charge in [-0.25, -0.2) is 0 Å². The molecule has 3 rings (SSSR count). The summed E-state index contributed by atoms with van der Waals surface area (Å²) in [6.07, 6.45) is 2.44. The quantitative estimate of drug-likeness (QED) is 0.688. The Balaban J connectivity index is 2.00. The maximum atomic E-state index is 12.6. The van der Waals surface area contributed by atoms with Crippen molar-refractivity contribution in [2.24, 2.45) is 0 Å². The van der Waals surface area contributed by atoms with Crippen molar-refractivity contribution in [3.8, 4) is 5.75 Å². The van der Waals surface area contributed by atoms with Gasteiger partial charge in [-0.2, -0.15) is 0 Å². The molecular formula is C17H12Cl2O2. The number of carbonyl (C=O) groups is 1. The lowest BCUT2D eigenvalue weighted by atomic mass is 9.99. The van der Waals surface area contributed by atoms with Gasteiger partial charge in [0.2, 0.25) is 0 Å². The lowest BCUT2D eigenvalue weighted by Crippen LogP contribution is -2.02. The molecule has 0 saturated carbocycles. The average Bonchev–Trinajstić information content (AvgIpc) is 2.62. The van der Waals surface area contributed by atoms with E-state index in [0.717, 1.165) is 5.56 Å². The lowest BCUT2D eigenvalue weighted by Gasteiger charge is -2.05. The minimum absolute atomic E-state index is 0.0417. The highest BCUT2D eigenvalue weighted by Crippen LogP contribution is 2.30. The van der Waals surface area contributed by atoms with E-state index in [9.17, 15) is 4.79 Å². The second-order valence-corrected chi connectivity index (χ2v) is 5.66. The average molecular weight is 319 g/mol. The Kier molecular flexibility index (Phi) is 4.00. The van der Waals surface area contributed by atoms with Crippen LogP contribution in [0.4, 0.5) is 0 Å². The van der Waals surface area contributed by atoms with Gasteiger partial charge in [-0.1, -0.05) is 35.3 Å². The number of benzene rings is 2. The number of fused-ring (bicyclic) bond motifs is 1. The van der Waals surface area contributed by atoms with Gasteiger partial charge in [0.25, 0.3) is 0 Å². The van der Waals surface area contributed by atoms with Crippen molar-refractivity contribution < 1.29 is 9.53 Å². The molecule has 2 aromatic rings. The lowest BCUT2D eigenvalue weighted by molar-refractivity contribution is 0.103. The van der Waals surface area contributed by atoms with Crippen LogP contribution in [0.2, 0.25) is 10.0 Å². The predicted octanol–water partition coefficient (Wildman–Crippen LogP) is 5.04. The van der Waals surface area contributed by atoms with Gasteiger partial charge in [0.15, 0.2) is 5.78 Å². The standard InChI is InChI=1S/C17H12Cl2O2/c18-13-3-1-11(2-4-13)9-12-7-8-21-16-6-5-14(19)10-15(16)17(12)20/h1-6,9-10H,7-8H2/b12-9-. The zero-order valence-electron chi connectivity index (χ0n) is 11.1. The van der Waals surface area contributed by atoms with Gasteiger partial charge >= 0.3 is 0 Å². The smallest absolute Gasteiger partial charge is 0.192 e. The minimum atomic E-state index is -0.0417.